The van der Waals surface area contributed by atoms with E-state index in [1.807, 2.05) is 23.0 Å². The Morgan fingerprint density at radius 1 is 1.32 bits per heavy atom. The Morgan fingerprint density at radius 2 is 2.16 bits per heavy atom. The van der Waals surface area contributed by atoms with Crippen molar-refractivity contribution in [1.29, 1.82) is 0 Å². The molecule has 0 unspecified atom stereocenters. The third-order valence-electron chi connectivity index (χ3n) is 3.77. The zero-order valence-electron chi connectivity index (χ0n) is 14.6. The second-order valence-corrected chi connectivity index (χ2v) is 7.92. The van der Waals surface area contributed by atoms with Crippen molar-refractivity contribution in [2.75, 3.05) is 18.1 Å². The van der Waals surface area contributed by atoms with E-state index in [1.54, 1.807) is 18.1 Å². The van der Waals surface area contributed by atoms with Crippen molar-refractivity contribution in [3.05, 3.63) is 28.9 Å². The fourth-order valence-electron chi connectivity index (χ4n) is 2.69. The molecule has 3 aromatic heterocycles. The number of fused-ring (bicyclic) bond motifs is 1. The number of hydrogen-bond donors (Lipinski definition) is 1. The van der Waals surface area contributed by atoms with Crippen LogP contribution in [0.2, 0.25) is 0 Å². The minimum Gasteiger partial charge on any atom is -0.368 e. The van der Waals surface area contributed by atoms with Gasteiger partial charge in [-0.05, 0) is 40.6 Å². The molecule has 0 amide bonds. The van der Waals surface area contributed by atoms with Gasteiger partial charge in [-0.15, -0.1) is 10.2 Å². The Morgan fingerprint density at radius 3 is 2.92 bits per heavy atom. The van der Waals surface area contributed by atoms with Gasteiger partial charge in [0.2, 0.25) is 0 Å². The van der Waals surface area contributed by atoms with Gasteiger partial charge in [-0.1, -0.05) is 25.6 Å². The van der Waals surface area contributed by atoms with E-state index in [-0.39, 0.29) is 0 Å². The summed E-state index contributed by atoms with van der Waals surface area (Å²) in [5, 5.41) is 17.3. The number of rotatable bonds is 8. The molecule has 3 aromatic rings. The molecule has 0 radical (unpaired) electrons. The first-order valence-electron chi connectivity index (χ1n) is 8.27. The maximum atomic E-state index is 4.37. The summed E-state index contributed by atoms with van der Waals surface area (Å²) in [6.45, 7) is 6.20. The van der Waals surface area contributed by atoms with E-state index in [2.05, 4.69) is 59.9 Å². The van der Waals surface area contributed by atoms with E-state index >= 15 is 0 Å². The van der Waals surface area contributed by atoms with E-state index < -0.39 is 0 Å². The second-order valence-electron chi connectivity index (χ2n) is 6.23. The lowest BCUT2D eigenvalue weighted by Gasteiger charge is -2.12. The summed E-state index contributed by atoms with van der Waals surface area (Å²) in [6, 6.07) is 2.01. The summed E-state index contributed by atoms with van der Waals surface area (Å²) in [7, 11) is 0. The number of aryl methyl sites for hydroxylation is 1. The van der Waals surface area contributed by atoms with Crippen molar-refractivity contribution >= 4 is 39.0 Å². The first-order chi connectivity index (χ1) is 12.1. The fraction of sp³-hybridized carbons (Fsp3) is 0.500. The van der Waals surface area contributed by atoms with Crippen LogP contribution in [-0.4, -0.2) is 42.2 Å². The first kappa shape index (κ1) is 18.2. The van der Waals surface area contributed by atoms with E-state index in [0.717, 1.165) is 52.7 Å². The lowest BCUT2D eigenvalue weighted by molar-refractivity contribution is 0.478. The Labute approximate surface area is 159 Å². The van der Waals surface area contributed by atoms with Crippen LogP contribution in [-0.2, 0) is 13.0 Å². The third-order valence-corrected chi connectivity index (χ3v) is 4.87. The smallest absolute Gasteiger partial charge is 0.190 e. The number of nitrogens with one attached hydrogen (secondary N) is 1. The van der Waals surface area contributed by atoms with Crippen LogP contribution in [0.3, 0.4) is 0 Å². The number of aromatic nitrogens is 6. The van der Waals surface area contributed by atoms with Crippen molar-refractivity contribution in [1.82, 2.24) is 29.4 Å². The van der Waals surface area contributed by atoms with E-state index in [9.17, 15) is 0 Å². The molecule has 0 aliphatic rings. The molecule has 9 heteroatoms. The fourth-order valence-corrected chi connectivity index (χ4v) is 3.62. The summed E-state index contributed by atoms with van der Waals surface area (Å²) in [6.07, 6.45) is 7.37. The topological polar surface area (TPSA) is 72.9 Å². The van der Waals surface area contributed by atoms with E-state index in [4.69, 9.17) is 0 Å². The van der Waals surface area contributed by atoms with Gasteiger partial charge in [0.15, 0.2) is 11.0 Å². The molecule has 134 valence electrons. The van der Waals surface area contributed by atoms with Crippen molar-refractivity contribution in [3.63, 3.8) is 0 Å². The van der Waals surface area contributed by atoms with Crippen molar-refractivity contribution in [3.8, 4) is 0 Å². The van der Waals surface area contributed by atoms with Gasteiger partial charge in [0.25, 0.3) is 0 Å². The molecule has 25 heavy (non-hydrogen) atoms. The SMILES string of the molecule is CSc1nnc(CCCNc2ncnn3cc(Br)cc23)n1CC(C)C. The third kappa shape index (κ3) is 4.33. The van der Waals surface area contributed by atoms with Gasteiger partial charge in [-0.2, -0.15) is 5.10 Å². The van der Waals surface area contributed by atoms with Crippen LogP contribution in [0.5, 0.6) is 0 Å². The molecule has 0 saturated carbocycles. The second kappa shape index (κ2) is 8.18. The standard InChI is InChI=1S/C16H22BrN7S/c1-11(2)8-23-14(21-22-16(23)25-3)5-4-6-18-15-13-7-12(17)9-24(13)20-10-19-15/h7,9-11H,4-6,8H2,1-3H3,(H,18,19,20). The Balaban J connectivity index is 1.61. The lowest BCUT2D eigenvalue weighted by atomic mass is 10.2. The molecule has 0 fully saturated rings. The number of halogens is 1. The van der Waals surface area contributed by atoms with Gasteiger partial charge in [-0.25, -0.2) is 9.50 Å². The first-order valence-corrected chi connectivity index (χ1v) is 10.3. The van der Waals surface area contributed by atoms with Gasteiger partial charge in [0.05, 0.1) is 0 Å². The Kier molecular flexibility index (Phi) is 5.95. The van der Waals surface area contributed by atoms with Crippen LogP contribution in [0.4, 0.5) is 5.82 Å². The molecule has 0 spiro atoms. The van der Waals surface area contributed by atoms with Crippen LogP contribution in [0, 0.1) is 5.92 Å². The minimum atomic E-state index is 0.570. The van der Waals surface area contributed by atoms with Gasteiger partial charge in [0, 0.05) is 30.2 Å². The Bertz CT molecular complexity index is 842. The zero-order valence-corrected chi connectivity index (χ0v) is 17.0. The van der Waals surface area contributed by atoms with Crippen LogP contribution in [0.25, 0.3) is 5.52 Å². The molecule has 3 heterocycles. The normalized spacial score (nSPS) is 11.6. The molecule has 0 aromatic carbocycles. The predicted molar refractivity (Wildman–Crippen MR) is 104 cm³/mol. The number of nitrogens with zero attached hydrogens (tertiary/aromatic N) is 6. The van der Waals surface area contributed by atoms with Crippen LogP contribution in [0.1, 0.15) is 26.1 Å². The highest BCUT2D eigenvalue weighted by Gasteiger charge is 2.12. The van der Waals surface area contributed by atoms with Crippen LogP contribution < -0.4 is 5.32 Å². The molecule has 3 rings (SSSR count). The number of hydrogen-bond acceptors (Lipinski definition) is 6. The molecular formula is C16H22BrN7S. The molecule has 0 atom stereocenters. The molecule has 0 saturated heterocycles. The van der Waals surface area contributed by atoms with Crippen LogP contribution in [0.15, 0.2) is 28.2 Å². The van der Waals surface area contributed by atoms with Crippen molar-refractivity contribution < 1.29 is 0 Å². The zero-order chi connectivity index (χ0) is 17.8. The minimum absolute atomic E-state index is 0.570. The largest absolute Gasteiger partial charge is 0.368 e. The molecule has 7 nitrogen and oxygen atoms in total. The van der Waals surface area contributed by atoms with E-state index in [1.165, 1.54) is 0 Å². The van der Waals surface area contributed by atoms with Crippen molar-refractivity contribution in [2.45, 2.75) is 38.4 Å². The molecule has 0 aliphatic heterocycles. The molecule has 0 aliphatic carbocycles. The number of thioether (sulfide) groups is 1. The average molecular weight is 424 g/mol. The Hall–Kier alpha value is -1.61. The lowest BCUT2D eigenvalue weighted by Crippen LogP contribution is -2.12. The maximum absolute atomic E-state index is 4.37. The monoisotopic (exact) mass is 423 g/mol. The molecular weight excluding hydrogens is 402 g/mol. The molecule has 1 N–H and O–H groups in total. The van der Waals surface area contributed by atoms with Gasteiger partial charge in [0.1, 0.15) is 17.7 Å². The predicted octanol–water partition coefficient (Wildman–Crippen LogP) is 3.51. The summed E-state index contributed by atoms with van der Waals surface area (Å²) in [5.74, 6) is 2.47. The quantitative estimate of drug-likeness (QED) is 0.441. The van der Waals surface area contributed by atoms with Crippen LogP contribution >= 0.6 is 27.7 Å². The van der Waals surface area contributed by atoms with E-state index in [0.29, 0.717) is 5.92 Å². The molecule has 0 bridgehead atoms. The highest BCUT2D eigenvalue weighted by molar-refractivity contribution is 9.10. The van der Waals surface area contributed by atoms with Gasteiger partial charge < -0.3 is 9.88 Å². The highest BCUT2D eigenvalue weighted by Crippen LogP contribution is 2.20. The summed E-state index contributed by atoms with van der Waals surface area (Å²) in [5.41, 5.74) is 0.960. The summed E-state index contributed by atoms with van der Waals surface area (Å²) < 4.78 is 5.04. The summed E-state index contributed by atoms with van der Waals surface area (Å²) >= 11 is 5.12. The number of anilines is 1. The average Bonchev–Trinajstić information content (AvgIpc) is 3.14. The van der Waals surface area contributed by atoms with Crippen molar-refractivity contribution in [2.24, 2.45) is 5.92 Å². The highest BCUT2D eigenvalue weighted by atomic mass is 79.9. The summed E-state index contributed by atoms with van der Waals surface area (Å²) in [4.78, 5) is 4.34. The van der Waals surface area contributed by atoms with Gasteiger partial charge >= 0.3 is 0 Å². The van der Waals surface area contributed by atoms with Gasteiger partial charge in [-0.3, -0.25) is 0 Å². The maximum Gasteiger partial charge on any atom is 0.190 e.